The van der Waals surface area contributed by atoms with Crippen molar-refractivity contribution in [1.29, 1.82) is 0 Å². The summed E-state index contributed by atoms with van der Waals surface area (Å²) >= 11 is 8.21. The van der Waals surface area contributed by atoms with Crippen LogP contribution in [-0.2, 0) is 6.61 Å². The molecule has 35 heavy (non-hydrogen) atoms. The summed E-state index contributed by atoms with van der Waals surface area (Å²) in [4.78, 5) is 12.5. The van der Waals surface area contributed by atoms with Crippen LogP contribution in [0.25, 0.3) is 0 Å². The fraction of sp³-hybridized carbons (Fsp3) is 0.154. The maximum absolute atomic E-state index is 12.5. The van der Waals surface area contributed by atoms with Crippen LogP contribution >= 0.6 is 34.2 Å². The predicted molar refractivity (Wildman–Crippen MR) is 145 cm³/mol. The van der Waals surface area contributed by atoms with Crippen molar-refractivity contribution in [3.63, 3.8) is 0 Å². The fourth-order valence-corrected chi connectivity index (χ4v) is 4.04. The van der Waals surface area contributed by atoms with E-state index < -0.39 is 5.91 Å². The third-order valence-corrected chi connectivity index (χ3v) is 5.72. The lowest BCUT2D eigenvalue weighted by atomic mass is 10.2. The third-order valence-electron chi connectivity index (χ3n) is 4.69. The Morgan fingerprint density at radius 3 is 2.57 bits per heavy atom. The van der Waals surface area contributed by atoms with E-state index in [1.165, 1.54) is 13.3 Å². The number of carbonyl (C=O) groups excluding carboxylic acids is 1. The zero-order valence-electron chi connectivity index (χ0n) is 19.2. The van der Waals surface area contributed by atoms with Gasteiger partial charge in [-0.3, -0.25) is 4.79 Å². The lowest BCUT2D eigenvalue weighted by Gasteiger charge is -2.13. The fourth-order valence-electron chi connectivity index (χ4n) is 3.04. The molecule has 1 N–H and O–H groups in total. The smallest absolute Gasteiger partial charge is 0.271 e. The number of benzene rings is 3. The first-order valence-electron chi connectivity index (χ1n) is 10.4. The van der Waals surface area contributed by atoms with Gasteiger partial charge in [-0.25, -0.2) is 5.43 Å². The number of rotatable bonds is 11. The van der Waals surface area contributed by atoms with Crippen molar-refractivity contribution in [3.8, 4) is 23.0 Å². The van der Waals surface area contributed by atoms with Crippen molar-refractivity contribution < 1.29 is 23.7 Å². The molecule has 0 fully saturated rings. The molecule has 0 aliphatic heterocycles. The molecular weight excluding hydrogens is 583 g/mol. The molecule has 0 bridgehead atoms. The van der Waals surface area contributed by atoms with Crippen LogP contribution in [0.5, 0.6) is 23.0 Å². The number of hydrogen-bond donors (Lipinski definition) is 1. The van der Waals surface area contributed by atoms with E-state index >= 15 is 0 Å². The molecule has 1 amide bonds. The molecule has 7 nitrogen and oxygen atoms in total. The summed E-state index contributed by atoms with van der Waals surface area (Å²) in [5, 5.41) is 4.72. The van der Waals surface area contributed by atoms with Crippen LogP contribution in [0.3, 0.4) is 0 Å². The minimum absolute atomic E-state index is 0.332. The summed E-state index contributed by atoms with van der Waals surface area (Å²) in [5.41, 5.74) is 4.57. The molecule has 182 valence electrons. The molecule has 3 aromatic carbocycles. The summed E-state index contributed by atoms with van der Waals surface area (Å²) in [6.45, 7) is 4.29. The van der Waals surface area contributed by atoms with Crippen LogP contribution in [0.4, 0.5) is 0 Å². The highest BCUT2D eigenvalue weighted by Crippen LogP contribution is 2.34. The van der Waals surface area contributed by atoms with E-state index in [-0.39, 0.29) is 0 Å². The SMILES string of the molecule is C=CCOc1ccc(C(=O)N/N=C/c2cc(I)c(OCc3cccc(Cl)c3)c(OC)c2)cc1OC. The molecule has 0 atom stereocenters. The number of halogens is 2. The highest BCUT2D eigenvalue weighted by atomic mass is 127. The van der Waals surface area contributed by atoms with Crippen molar-refractivity contribution in [1.82, 2.24) is 5.43 Å². The largest absolute Gasteiger partial charge is 0.493 e. The molecule has 0 aromatic heterocycles. The number of nitrogens with one attached hydrogen (secondary N) is 1. The normalized spacial score (nSPS) is 10.6. The monoisotopic (exact) mass is 606 g/mol. The summed E-state index contributed by atoms with van der Waals surface area (Å²) in [6.07, 6.45) is 3.16. The number of hydrogen-bond acceptors (Lipinski definition) is 6. The van der Waals surface area contributed by atoms with E-state index in [1.807, 2.05) is 30.3 Å². The maximum Gasteiger partial charge on any atom is 0.271 e. The second kappa shape index (κ2) is 13.0. The molecule has 0 spiro atoms. The average molecular weight is 607 g/mol. The minimum Gasteiger partial charge on any atom is -0.493 e. The lowest BCUT2D eigenvalue weighted by molar-refractivity contribution is 0.0954. The zero-order valence-corrected chi connectivity index (χ0v) is 22.1. The Morgan fingerprint density at radius 2 is 1.86 bits per heavy atom. The van der Waals surface area contributed by atoms with Gasteiger partial charge in [-0.15, -0.1) is 0 Å². The number of ether oxygens (including phenoxy) is 4. The molecule has 0 aliphatic rings. The lowest BCUT2D eigenvalue weighted by Crippen LogP contribution is -2.17. The van der Waals surface area contributed by atoms with Crippen LogP contribution in [-0.4, -0.2) is 32.9 Å². The van der Waals surface area contributed by atoms with Gasteiger partial charge in [0.1, 0.15) is 13.2 Å². The first-order valence-corrected chi connectivity index (χ1v) is 11.9. The Morgan fingerprint density at radius 1 is 1.06 bits per heavy atom. The summed E-state index contributed by atoms with van der Waals surface area (Å²) in [6, 6.07) is 16.0. The number of carbonyl (C=O) groups is 1. The molecule has 0 heterocycles. The van der Waals surface area contributed by atoms with Gasteiger partial charge in [-0.05, 0) is 76.2 Å². The molecule has 9 heteroatoms. The van der Waals surface area contributed by atoms with E-state index in [0.717, 1.165) is 14.7 Å². The van der Waals surface area contributed by atoms with Crippen molar-refractivity contribution in [3.05, 3.63) is 92.5 Å². The molecular formula is C26H24ClIN2O5. The van der Waals surface area contributed by atoms with Gasteiger partial charge in [0.25, 0.3) is 5.91 Å². The zero-order chi connectivity index (χ0) is 25.2. The van der Waals surface area contributed by atoms with E-state index in [4.69, 9.17) is 30.5 Å². The van der Waals surface area contributed by atoms with Crippen molar-refractivity contribution >= 4 is 46.3 Å². The van der Waals surface area contributed by atoms with Gasteiger partial charge in [0.15, 0.2) is 23.0 Å². The Kier molecular flexibility index (Phi) is 9.80. The molecule has 0 aliphatic carbocycles. The first kappa shape index (κ1) is 26.4. The molecule has 0 saturated carbocycles. The molecule has 3 aromatic rings. The summed E-state index contributed by atoms with van der Waals surface area (Å²) in [5.74, 6) is 1.73. The standard InChI is InChI=1S/C26H24ClIN2O5/c1-4-10-34-22-9-8-19(14-23(22)32-2)26(31)30-29-15-18-12-21(28)25(24(13-18)33-3)35-16-17-6-5-7-20(27)11-17/h4-9,11-15H,1,10,16H2,2-3H3,(H,30,31)/b29-15+. The highest BCUT2D eigenvalue weighted by molar-refractivity contribution is 14.1. The van der Waals surface area contributed by atoms with Gasteiger partial charge in [0, 0.05) is 10.6 Å². The van der Waals surface area contributed by atoms with E-state index in [2.05, 4.69) is 39.7 Å². The van der Waals surface area contributed by atoms with Crippen LogP contribution in [0.15, 0.2) is 72.4 Å². The van der Waals surface area contributed by atoms with Crippen LogP contribution < -0.4 is 24.4 Å². The number of nitrogens with zero attached hydrogens (tertiary/aromatic N) is 1. The molecule has 0 radical (unpaired) electrons. The first-order chi connectivity index (χ1) is 16.9. The van der Waals surface area contributed by atoms with Crippen LogP contribution in [0.2, 0.25) is 5.02 Å². The topological polar surface area (TPSA) is 78.4 Å². The molecule has 0 unspecified atom stereocenters. The predicted octanol–water partition coefficient (Wildman–Crippen LogP) is 5.87. The van der Waals surface area contributed by atoms with Gasteiger partial charge in [0.05, 0.1) is 24.0 Å². The van der Waals surface area contributed by atoms with Crippen molar-refractivity contribution in [2.24, 2.45) is 5.10 Å². The quantitative estimate of drug-likeness (QED) is 0.128. The summed E-state index contributed by atoms with van der Waals surface area (Å²) in [7, 11) is 3.07. The van der Waals surface area contributed by atoms with Crippen LogP contribution in [0.1, 0.15) is 21.5 Å². The van der Waals surface area contributed by atoms with Gasteiger partial charge in [-0.2, -0.15) is 5.10 Å². The molecule has 0 saturated heterocycles. The Bertz CT molecular complexity index is 1230. The number of methoxy groups -OCH3 is 2. The van der Waals surface area contributed by atoms with Crippen molar-refractivity contribution in [2.75, 3.05) is 20.8 Å². The van der Waals surface area contributed by atoms with Gasteiger partial charge in [0.2, 0.25) is 0 Å². The van der Waals surface area contributed by atoms with Gasteiger partial charge >= 0.3 is 0 Å². The Labute approximate surface area is 222 Å². The van der Waals surface area contributed by atoms with Gasteiger partial charge in [-0.1, -0.05) is 36.4 Å². The second-order valence-electron chi connectivity index (χ2n) is 7.12. The third kappa shape index (κ3) is 7.37. The highest BCUT2D eigenvalue weighted by Gasteiger charge is 2.13. The summed E-state index contributed by atoms with van der Waals surface area (Å²) < 4.78 is 23.1. The molecule has 3 rings (SSSR count). The van der Waals surface area contributed by atoms with E-state index in [9.17, 15) is 4.79 Å². The van der Waals surface area contributed by atoms with E-state index in [0.29, 0.717) is 46.8 Å². The second-order valence-corrected chi connectivity index (χ2v) is 8.72. The average Bonchev–Trinajstić information content (AvgIpc) is 2.86. The van der Waals surface area contributed by atoms with E-state index in [1.54, 1.807) is 37.5 Å². The Balaban J connectivity index is 1.68. The number of amides is 1. The number of hydrazone groups is 1. The van der Waals surface area contributed by atoms with Gasteiger partial charge < -0.3 is 18.9 Å². The van der Waals surface area contributed by atoms with Crippen molar-refractivity contribution in [2.45, 2.75) is 6.61 Å². The van der Waals surface area contributed by atoms with Crippen LogP contribution in [0, 0.1) is 3.57 Å². The Hall–Kier alpha value is -3.24. The maximum atomic E-state index is 12.5. The minimum atomic E-state index is -0.391.